The standard InChI is InChI=1S/C17H22N2OS/c18-16(21)17(9-5-2-6-10-17)19-15(20)14-11-13(14)12-7-3-1-4-8-12/h1,3-4,7-8,13-14H,2,5-6,9-11H2,(H2,18,21)(H,19,20). The van der Waals surface area contributed by atoms with Crippen LogP contribution < -0.4 is 11.1 Å². The molecule has 0 saturated heterocycles. The SMILES string of the molecule is NC(=S)C1(NC(=O)C2CC2c2ccccc2)CCCCC1. The van der Waals surface area contributed by atoms with Crippen LogP contribution >= 0.6 is 12.2 Å². The maximum absolute atomic E-state index is 12.5. The zero-order valence-corrected chi connectivity index (χ0v) is 13.0. The second kappa shape index (κ2) is 5.76. The Bertz CT molecular complexity index is 537. The Morgan fingerprint density at radius 3 is 2.48 bits per heavy atom. The Hall–Kier alpha value is -1.42. The first-order valence-corrected chi connectivity index (χ1v) is 8.20. The number of rotatable bonds is 4. The third kappa shape index (κ3) is 2.95. The first-order chi connectivity index (χ1) is 10.1. The zero-order chi connectivity index (χ0) is 14.9. The average Bonchev–Trinajstić information content (AvgIpc) is 3.29. The Labute approximate surface area is 131 Å². The fraction of sp³-hybridized carbons (Fsp3) is 0.529. The van der Waals surface area contributed by atoms with Crippen molar-refractivity contribution < 1.29 is 4.79 Å². The molecule has 2 aliphatic rings. The van der Waals surface area contributed by atoms with Gasteiger partial charge in [-0.05, 0) is 30.7 Å². The molecule has 2 atom stereocenters. The summed E-state index contributed by atoms with van der Waals surface area (Å²) in [7, 11) is 0. The van der Waals surface area contributed by atoms with E-state index in [-0.39, 0.29) is 11.8 Å². The van der Waals surface area contributed by atoms with E-state index in [0.29, 0.717) is 10.9 Å². The molecule has 2 fully saturated rings. The maximum atomic E-state index is 12.5. The fourth-order valence-corrected chi connectivity index (χ4v) is 3.73. The van der Waals surface area contributed by atoms with Gasteiger partial charge >= 0.3 is 0 Å². The summed E-state index contributed by atoms with van der Waals surface area (Å²) in [4.78, 5) is 13.0. The smallest absolute Gasteiger partial charge is 0.224 e. The summed E-state index contributed by atoms with van der Waals surface area (Å²) in [5.74, 6) is 0.567. The highest BCUT2D eigenvalue weighted by molar-refractivity contribution is 7.80. The number of nitrogens with one attached hydrogen (secondary N) is 1. The van der Waals surface area contributed by atoms with Crippen molar-refractivity contribution in [2.45, 2.75) is 50.0 Å². The van der Waals surface area contributed by atoms with E-state index in [1.807, 2.05) is 18.2 Å². The van der Waals surface area contributed by atoms with Crippen LogP contribution in [-0.2, 0) is 4.79 Å². The normalized spacial score (nSPS) is 26.9. The molecule has 21 heavy (non-hydrogen) atoms. The number of carbonyl (C=O) groups excluding carboxylic acids is 1. The molecule has 1 aromatic carbocycles. The van der Waals surface area contributed by atoms with Crippen LogP contribution in [-0.4, -0.2) is 16.4 Å². The van der Waals surface area contributed by atoms with Crippen LogP contribution in [0.5, 0.6) is 0 Å². The number of carbonyl (C=O) groups is 1. The van der Waals surface area contributed by atoms with Gasteiger partial charge in [0.25, 0.3) is 0 Å². The molecule has 0 aromatic heterocycles. The molecular weight excluding hydrogens is 280 g/mol. The molecule has 0 bridgehead atoms. The molecular formula is C17H22N2OS. The molecule has 2 aliphatic carbocycles. The van der Waals surface area contributed by atoms with Gasteiger partial charge in [-0.2, -0.15) is 0 Å². The number of nitrogens with two attached hydrogens (primary N) is 1. The molecule has 2 unspecified atom stereocenters. The van der Waals surface area contributed by atoms with Crippen molar-refractivity contribution in [3.63, 3.8) is 0 Å². The Morgan fingerprint density at radius 1 is 1.19 bits per heavy atom. The van der Waals surface area contributed by atoms with Gasteiger partial charge in [0.2, 0.25) is 5.91 Å². The lowest BCUT2D eigenvalue weighted by atomic mass is 9.81. The molecule has 112 valence electrons. The summed E-state index contributed by atoms with van der Waals surface area (Å²) >= 11 is 5.24. The van der Waals surface area contributed by atoms with E-state index in [1.54, 1.807) is 0 Å². The molecule has 0 aliphatic heterocycles. The number of amides is 1. The summed E-state index contributed by atoms with van der Waals surface area (Å²) < 4.78 is 0. The molecule has 0 heterocycles. The van der Waals surface area contributed by atoms with E-state index in [9.17, 15) is 4.79 Å². The van der Waals surface area contributed by atoms with Crippen molar-refractivity contribution in [1.82, 2.24) is 5.32 Å². The van der Waals surface area contributed by atoms with Crippen molar-refractivity contribution in [3.8, 4) is 0 Å². The third-order valence-corrected chi connectivity index (χ3v) is 5.29. The molecule has 1 amide bonds. The number of thiocarbonyl (C=S) groups is 1. The van der Waals surface area contributed by atoms with Crippen molar-refractivity contribution in [2.24, 2.45) is 11.7 Å². The van der Waals surface area contributed by atoms with Gasteiger partial charge in [0.05, 0.1) is 10.5 Å². The summed E-state index contributed by atoms with van der Waals surface area (Å²) in [6.07, 6.45) is 6.09. The molecule has 0 radical (unpaired) electrons. The summed E-state index contributed by atoms with van der Waals surface area (Å²) in [5, 5.41) is 3.19. The van der Waals surface area contributed by atoms with Crippen LogP contribution in [0.3, 0.4) is 0 Å². The van der Waals surface area contributed by atoms with Gasteiger partial charge in [-0.15, -0.1) is 0 Å². The second-order valence-electron chi connectivity index (χ2n) is 6.36. The van der Waals surface area contributed by atoms with E-state index >= 15 is 0 Å². The number of benzene rings is 1. The van der Waals surface area contributed by atoms with E-state index < -0.39 is 5.54 Å². The highest BCUT2D eigenvalue weighted by atomic mass is 32.1. The third-order valence-electron chi connectivity index (χ3n) is 4.90. The van der Waals surface area contributed by atoms with Crippen LogP contribution in [0.4, 0.5) is 0 Å². The first kappa shape index (κ1) is 14.5. The quantitative estimate of drug-likeness (QED) is 0.841. The molecule has 4 heteroatoms. The van der Waals surface area contributed by atoms with E-state index in [2.05, 4.69) is 17.4 Å². The lowest BCUT2D eigenvalue weighted by Crippen LogP contribution is -2.58. The highest BCUT2D eigenvalue weighted by Gasteiger charge is 2.47. The van der Waals surface area contributed by atoms with Gasteiger partial charge in [-0.3, -0.25) is 4.79 Å². The topological polar surface area (TPSA) is 55.1 Å². The predicted molar refractivity (Wildman–Crippen MR) is 88.0 cm³/mol. The van der Waals surface area contributed by atoms with E-state index in [1.165, 1.54) is 12.0 Å². The van der Waals surface area contributed by atoms with Crippen molar-refractivity contribution >= 4 is 23.1 Å². The molecule has 1 aromatic rings. The van der Waals surface area contributed by atoms with Gasteiger partial charge in [0, 0.05) is 5.92 Å². The number of hydrogen-bond acceptors (Lipinski definition) is 2. The van der Waals surface area contributed by atoms with Gasteiger partial charge in [0.15, 0.2) is 0 Å². The molecule has 3 N–H and O–H groups in total. The Morgan fingerprint density at radius 2 is 1.86 bits per heavy atom. The summed E-state index contributed by atoms with van der Waals surface area (Å²) in [6, 6.07) is 10.3. The number of hydrogen-bond donors (Lipinski definition) is 2. The van der Waals surface area contributed by atoms with Crippen LogP contribution in [0.2, 0.25) is 0 Å². The zero-order valence-electron chi connectivity index (χ0n) is 12.2. The van der Waals surface area contributed by atoms with Crippen LogP contribution in [0.1, 0.15) is 50.0 Å². The molecule has 3 nitrogen and oxygen atoms in total. The highest BCUT2D eigenvalue weighted by Crippen LogP contribution is 2.48. The Balaban J connectivity index is 1.65. The molecule has 2 saturated carbocycles. The van der Waals surface area contributed by atoms with Gasteiger partial charge < -0.3 is 11.1 Å². The van der Waals surface area contributed by atoms with E-state index in [4.69, 9.17) is 18.0 Å². The Kier molecular flexibility index (Phi) is 3.98. The van der Waals surface area contributed by atoms with Gasteiger partial charge in [0.1, 0.15) is 0 Å². The van der Waals surface area contributed by atoms with Crippen molar-refractivity contribution in [1.29, 1.82) is 0 Å². The van der Waals surface area contributed by atoms with Gasteiger partial charge in [-0.25, -0.2) is 0 Å². The minimum absolute atomic E-state index is 0.0838. The van der Waals surface area contributed by atoms with Crippen LogP contribution in [0, 0.1) is 5.92 Å². The van der Waals surface area contributed by atoms with Crippen molar-refractivity contribution in [2.75, 3.05) is 0 Å². The van der Waals surface area contributed by atoms with Gasteiger partial charge in [-0.1, -0.05) is 61.8 Å². The lowest BCUT2D eigenvalue weighted by Gasteiger charge is -2.37. The second-order valence-corrected chi connectivity index (χ2v) is 6.80. The lowest BCUT2D eigenvalue weighted by molar-refractivity contribution is -0.123. The summed E-state index contributed by atoms with van der Waals surface area (Å²) in [6.45, 7) is 0. The van der Waals surface area contributed by atoms with Crippen molar-refractivity contribution in [3.05, 3.63) is 35.9 Å². The molecule has 0 spiro atoms. The predicted octanol–water partition coefficient (Wildman–Crippen LogP) is 2.90. The van der Waals surface area contributed by atoms with E-state index in [0.717, 1.165) is 32.1 Å². The first-order valence-electron chi connectivity index (χ1n) is 7.79. The largest absolute Gasteiger partial charge is 0.391 e. The average molecular weight is 302 g/mol. The summed E-state index contributed by atoms with van der Waals surface area (Å²) in [5.41, 5.74) is 6.75. The minimum Gasteiger partial charge on any atom is -0.391 e. The van der Waals surface area contributed by atoms with Crippen LogP contribution in [0.15, 0.2) is 30.3 Å². The monoisotopic (exact) mass is 302 g/mol. The maximum Gasteiger partial charge on any atom is 0.224 e. The van der Waals surface area contributed by atoms with Crippen LogP contribution in [0.25, 0.3) is 0 Å². The fourth-order valence-electron chi connectivity index (χ4n) is 3.47. The molecule has 3 rings (SSSR count). The minimum atomic E-state index is -0.436.